The summed E-state index contributed by atoms with van der Waals surface area (Å²) in [7, 11) is 2.24. The number of hydrogen-bond donors (Lipinski definition) is 1. The van der Waals surface area contributed by atoms with Crippen LogP contribution in [0.5, 0.6) is 0 Å². The predicted octanol–water partition coefficient (Wildman–Crippen LogP) is 6.02. The van der Waals surface area contributed by atoms with E-state index in [1.807, 2.05) is 0 Å². The molecule has 0 aliphatic heterocycles. The van der Waals surface area contributed by atoms with Crippen molar-refractivity contribution in [2.45, 2.75) is 20.8 Å². The molecule has 53 heavy (non-hydrogen) atoms. The van der Waals surface area contributed by atoms with Gasteiger partial charge in [0.05, 0.1) is 20.1 Å². The molecule has 4 aromatic rings. The van der Waals surface area contributed by atoms with E-state index in [1.54, 1.807) is 4.90 Å². The Morgan fingerprint density at radius 3 is 0.604 bits per heavy atom. The van der Waals surface area contributed by atoms with Gasteiger partial charge in [-0.2, -0.15) is 0 Å². The highest BCUT2D eigenvalue weighted by molar-refractivity contribution is 7.20. The van der Waals surface area contributed by atoms with Gasteiger partial charge in [-0.25, -0.2) is 87.8 Å². The summed E-state index contributed by atoms with van der Waals surface area (Å²) in [5.74, 6) is -70.6. The van der Waals surface area contributed by atoms with Crippen LogP contribution in [0.4, 0.5) is 87.8 Å². The largest absolute Gasteiger partial charge is 0.337 e. The van der Waals surface area contributed by atoms with Crippen LogP contribution in [0.1, 0.15) is 20.8 Å². The van der Waals surface area contributed by atoms with Gasteiger partial charge in [-0.1, -0.05) is 13.8 Å². The average Bonchev–Trinajstić information content (AvgIpc) is 3.11. The van der Waals surface area contributed by atoms with Gasteiger partial charge in [0.1, 0.15) is 52.7 Å². The van der Waals surface area contributed by atoms with Crippen LogP contribution in [-0.4, -0.2) is 26.3 Å². The zero-order valence-electron chi connectivity index (χ0n) is 26.6. The molecule has 290 valence electrons. The normalized spacial score (nSPS) is 12.4. The summed E-state index contributed by atoms with van der Waals surface area (Å²) in [4.78, 5) is 1.63. The molecule has 4 aromatic carbocycles. The standard InChI is InChI=1S/C24BF20.C7H17N/c26-5-1(6(27)14(35)21(42)13(5)34)25(2-7(28)15(36)22(43)16(37)8(2)29,3-9(30)17(38)23(44)18(39)10(3)31)4-11(32)19(40)24(45)20(41)12(4)33;1-5-8(4)6-7(2)3/h;7H,5-6H2,1-4H3/q-1;/p+1. The lowest BCUT2D eigenvalue weighted by atomic mass is 9.12. The van der Waals surface area contributed by atoms with Crippen LogP contribution in [0.25, 0.3) is 0 Å². The molecule has 0 radical (unpaired) electrons. The molecule has 0 aliphatic carbocycles. The van der Waals surface area contributed by atoms with Crippen LogP contribution in [0, 0.1) is 122 Å². The number of hydrogen-bond acceptors (Lipinski definition) is 0. The molecule has 4 rings (SSSR count). The third-order valence-electron chi connectivity index (χ3n) is 8.07. The zero-order chi connectivity index (χ0) is 40.9. The predicted molar refractivity (Wildman–Crippen MR) is 146 cm³/mol. The molecule has 0 aromatic heterocycles. The van der Waals surface area contributed by atoms with Crippen molar-refractivity contribution in [3.8, 4) is 0 Å². The van der Waals surface area contributed by atoms with Gasteiger partial charge in [-0.3, -0.25) is 0 Å². The van der Waals surface area contributed by atoms with Crippen LogP contribution >= 0.6 is 0 Å². The van der Waals surface area contributed by atoms with E-state index < -0.39 is 144 Å². The summed E-state index contributed by atoms with van der Waals surface area (Å²) in [6, 6.07) is 0. The van der Waals surface area contributed by atoms with E-state index in [-0.39, 0.29) is 0 Å². The number of benzene rings is 4. The van der Waals surface area contributed by atoms with Crippen LogP contribution in [0.3, 0.4) is 0 Å². The first-order chi connectivity index (χ1) is 24.4. The van der Waals surface area contributed by atoms with Gasteiger partial charge < -0.3 is 4.90 Å². The Hall–Kier alpha value is -4.50. The summed E-state index contributed by atoms with van der Waals surface area (Å²) in [6.07, 6.45) is -7.22. The van der Waals surface area contributed by atoms with Gasteiger partial charge in [-0.15, -0.1) is 21.9 Å². The van der Waals surface area contributed by atoms with Crippen molar-refractivity contribution in [1.82, 2.24) is 0 Å². The maximum Gasteiger partial charge on any atom is 0.200 e. The molecule has 0 spiro atoms. The van der Waals surface area contributed by atoms with Crippen molar-refractivity contribution in [3.05, 3.63) is 116 Å². The van der Waals surface area contributed by atoms with Gasteiger partial charge in [-0.05, 0) is 6.92 Å². The summed E-state index contributed by atoms with van der Waals surface area (Å²) in [5.41, 5.74) is -14.3. The third-order valence-corrected chi connectivity index (χ3v) is 8.07. The number of halogens is 20. The van der Waals surface area contributed by atoms with E-state index in [2.05, 4.69) is 27.8 Å². The van der Waals surface area contributed by atoms with Crippen molar-refractivity contribution in [3.63, 3.8) is 0 Å². The van der Waals surface area contributed by atoms with Gasteiger partial charge in [0.15, 0.2) is 69.8 Å². The first-order valence-corrected chi connectivity index (χ1v) is 14.4. The number of nitrogens with one attached hydrogen (secondary N) is 1. The van der Waals surface area contributed by atoms with Crippen LogP contribution in [-0.2, 0) is 0 Å². The SMILES string of the molecule is CC[NH+](C)CC(C)C.Fc1c(F)c(F)c([B-](c2c(F)c(F)c(F)c(F)c2F)(c2c(F)c(F)c(F)c(F)c2F)c2c(F)c(F)c(F)c(F)c2F)c(F)c1F. The Balaban J connectivity index is 0.000000846. The Morgan fingerprint density at radius 2 is 0.491 bits per heavy atom. The monoisotopic (exact) mass is 795 g/mol. The maximum atomic E-state index is 15.4. The fraction of sp³-hybridized carbons (Fsp3) is 0.226. The van der Waals surface area contributed by atoms with Crippen LogP contribution in [0.2, 0.25) is 0 Å². The quantitative estimate of drug-likeness (QED) is 0.101. The van der Waals surface area contributed by atoms with E-state index >= 15 is 35.1 Å². The van der Waals surface area contributed by atoms with Crippen molar-refractivity contribution < 1.29 is 92.7 Å². The van der Waals surface area contributed by atoms with Crippen molar-refractivity contribution >= 4 is 28.0 Å². The van der Waals surface area contributed by atoms with Crippen LogP contribution in [0.15, 0.2) is 0 Å². The highest BCUT2D eigenvalue weighted by Gasteiger charge is 2.52. The minimum absolute atomic E-state index is 0.843. The zero-order valence-corrected chi connectivity index (χ0v) is 26.6. The highest BCUT2D eigenvalue weighted by Crippen LogP contribution is 2.30. The van der Waals surface area contributed by atoms with E-state index in [0.29, 0.717) is 0 Å². The van der Waals surface area contributed by atoms with Gasteiger partial charge in [0, 0.05) is 5.92 Å². The Kier molecular flexibility index (Phi) is 12.5. The van der Waals surface area contributed by atoms with E-state index in [4.69, 9.17) is 0 Å². The van der Waals surface area contributed by atoms with Crippen molar-refractivity contribution in [1.29, 1.82) is 0 Å². The molecule has 0 saturated carbocycles. The molecule has 0 saturated heterocycles. The molecule has 0 amide bonds. The minimum atomic E-state index is -7.22. The molecule has 0 heterocycles. The molecule has 1 nitrogen and oxygen atoms in total. The molecule has 1 atom stereocenters. The lowest BCUT2D eigenvalue weighted by Gasteiger charge is -2.44. The molecular weight excluding hydrogens is 777 g/mol. The lowest BCUT2D eigenvalue weighted by molar-refractivity contribution is -0.880. The second-order valence-corrected chi connectivity index (χ2v) is 11.7. The average molecular weight is 795 g/mol. The van der Waals surface area contributed by atoms with Crippen LogP contribution < -0.4 is 26.8 Å². The second kappa shape index (κ2) is 15.5. The topological polar surface area (TPSA) is 4.44 Å². The van der Waals surface area contributed by atoms with E-state index in [1.165, 1.54) is 13.1 Å². The smallest absolute Gasteiger partial charge is 0.200 e. The summed E-state index contributed by atoms with van der Waals surface area (Å²) in [6.45, 7) is 9.30. The van der Waals surface area contributed by atoms with E-state index in [0.717, 1.165) is 5.92 Å². The van der Waals surface area contributed by atoms with E-state index in [9.17, 15) is 52.7 Å². The minimum Gasteiger partial charge on any atom is -0.337 e. The lowest BCUT2D eigenvalue weighted by Crippen LogP contribution is -3.09. The number of rotatable bonds is 7. The van der Waals surface area contributed by atoms with Crippen molar-refractivity contribution in [2.75, 3.05) is 20.1 Å². The Labute approximate surface area is 284 Å². The first-order valence-electron chi connectivity index (χ1n) is 14.4. The molecule has 0 aliphatic rings. The molecular formula is C31H18BF20N. The molecule has 1 N–H and O–H groups in total. The fourth-order valence-corrected chi connectivity index (χ4v) is 5.72. The summed E-state index contributed by atoms with van der Waals surface area (Å²) < 4.78 is 294. The molecule has 22 heteroatoms. The second-order valence-electron chi connectivity index (χ2n) is 11.7. The first kappa shape index (κ1) is 42.9. The molecule has 0 bridgehead atoms. The number of quaternary nitrogens is 1. The van der Waals surface area contributed by atoms with Gasteiger partial charge in [0.25, 0.3) is 0 Å². The molecule has 1 unspecified atom stereocenters. The Morgan fingerprint density at radius 1 is 0.340 bits per heavy atom. The fourth-order valence-electron chi connectivity index (χ4n) is 5.72. The Bertz CT molecular complexity index is 1720. The summed E-state index contributed by atoms with van der Waals surface area (Å²) >= 11 is 0. The van der Waals surface area contributed by atoms with Gasteiger partial charge >= 0.3 is 0 Å². The maximum absolute atomic E-state index is 15.4. The molecule has 0 fully saturated rings. The van der Waals surface area contributed by atoms with Gasteiger partial charge in [0.2, 0.25) is 0 Å². The van der Waals surface area contributed by atoms with Crippen molar-refractivity contribution in [2.24, 2.45) is 5.92 Å². The highest BCUT2D eigenvalue weighted by atomic mass is 19.2. The third kappa shape index (κ3) is 6.66. The summed E-state index contributed by atoms with van der Waals surface area (Å²) in [5, 5.41) is 0.